The van der Waals surface area contributed by atoms with Crippen LogP contribution in [0.4, 0.5) is 0 Å². The lowest BCUT2D eigenvalue weighted by Crippen LogP contribution is -2.41. The molecule has 0 fully saturated rings. The van der Waals surface area contributed by atoms with E-state index in [9.17, 15) is 19.2 Å². The molecule has 0 aliphatic carbocycles. The van der Waals surface area contributed by atoms with E-state index in [1.54, 1.807) is 0 Å². The van der Waals surface area contributed by atoms with Crippen LogP contribution in [0.25, 0.3) is 0 Å². The van der Waals surface area contributed by atoms with Crippen molar-refractivity contribution in [1.82, 2.24) is 32.3 Å². The normalized spacial score (nSPS) is 12.0. The number of carbonyl (C=O) groups is 4. The summed E-state index contributed by atoms with van der Waals surface area (Å²) >= 11 is 0. The first-order valence-electron chi connectivity index (χ1n) is 20.2. The Morgan fingerprint density at radius 3 is 1.14 bits per heavy atom. The van der Waals surface area contributed by atoms with E-state index in [0.29, 0.717) is 25.7 Å². The molecular weight excluding hydrogens is 616 g/mol. The van der Waals surface area contributed by atoms with E-state index in [-0.39, 0.29) is 23.6 Å². The summed E-state index contributed by atoms with van der Waals surface area (Å²) in [4.78, 5) is 46.6. The van der Waals surface area contributed by atoms with Gasteiger partial charge in [0.1, 0.15) is 0 Å². The molecule has 0 aromatic carbocycles. The third kappa shape index (κ3) is 38.5. The Balaban J connectivity index is 0. The Kier molecular flexibility index (Phi) is 38.5. The Morgan fingerprint density at radius 1 is 0.429 bits per heavy atom. The summed E-state index contributed by atoms with van der Waals surface area (Å²) < 4.78 is 0. The van der Waals surface area contributed by atoms with E-state index in [1.165, 1.54) is 70.6 Å². The predicted molar refractivity (Wildman–Crippen MR) is 206 cm³/mol. The first-order chi connectivity index (χ1) is 23.7. The third-order valence-corrected chi connectivity index (χ3v) is 9.04. The zero-order valence-corrected chi connectivity index (χ0v) is 32.9. The maximum absolute atomic E-state index is 11.7. The van der Waals surface area contributed by atoms with Gasteiger partial charge in [-0.05, 0) is 77.5 Å². The van der Waals surface area contributed by atoms with Crippen LogP contribution in [0, 0.1) is 11.8 Å². The molecule has 10 nitrogen and oxygen atoms in total. The summed E-state index contributed by atoms with van der Waals surface area (Å²) in [6.07, 6.45) is 25.9. The van der Waals surface area contributed by atoms with Crippen molar-refractivity contribution < 1.29 is 19.2 Å². The molecule has 2 unspecified atom stereocenters. The fourth-order valence-corrected chi connectivity index (χ4v) is 5.76. The fourth-order valence-electron chi connectivity index (χ4n) is 5.76. The molecule has 0 saturated heterocycles. The maximum Gasteiger partial charge on any atom is 0.238 e. The van der Waals surface area contributed by atoms with Gasteiger partial charge < -0.3 is 10.6 Å². The third-order valence-electron chi connectivity index (χ3n) is 9.04. The number of hydrogen-bond donors (Lipinski definition) is 6. The summed E-state index contributed by atoms with van der Waals surface area (Å²) in [7, 11) is 3.85. The number of hydrazine groups is 2. The van der Waals surface area contributed by atoms with Crippen molar-refractivity contribution in [3.8, 4) is 0 Å². The highest BCUT2D eigenvalue weighted by Gasteiger charge is 2.08. The Bertz CT molecular complexity index is 783. The maximum atomic E-state index is 11.7. The van der Waals surface area contributed by atoms with Crippen molar-refractivity contribution >= 4 is 23.6 Å². The molecule has 0 bridgehead atoms. The highest BCUT2D eigenvalue weighted by atomic mass is 16.2. The number of nitrogens with one attached hydrogen (secondary N) is 6. The molecule has 290 valence electrons. The van der Waals surface area contributed by atoms with Gasteiger partial charge in [0, 0.05) is 25.7 Å². The van der Waals surface area contributed by atoms with Crippen molar-refractivity contribution in [2.24, 2.45) is 11.8 Å². The minimum absolute atomic E-state index is 0.0838. The molecule has 2 atom stereocenters. The minimum Gasteiger partial charge on any atom is -0.320 e. The molecule has 0 radical (unpaired) electrons. The minimum atomic E-state index is -0.0989. The standard InChI is InChI=1S/C20H41N3O2.C19H39N3O2/c1-4-5-8-13-18(2)14-9-6-10-15-19(24)22-23-20(25)16-11-7-12-17-21-3;1-4-12-17(5-2)13-8-6-9-14-18(23)21-22-19(24)15-10-7-11-16-20-3/h18,21H,4-17H2,1-3H3,(H,22,24)(H,23,25);17,20H,4-16H2,1-3H3,(H,21,23)(H,22,24). The van der Waals surface area contributed by atoms with E-state index < -0.39 is 0 Å². The fraction of sp³-hybridized carbons (Fsp3) is 0.897. The van der Waals surface area contributed by atoms with E-state index in [2.05, 4.69) is 60.0 Å². The van der Waals surface area contributed by atoms with Gasteiger partial charge in [0.2, 0.25) is 23.6 Å². The molecule has 0 saturated carbocycles. The van der Waals surface area contributed by atoms with Crippen molar-refractivity contribution in [3.63, 3.8) is 0 Å². The molecule has 0 spiro atoms. The van der Waals surface area contributed by atoms with E-state index in [1.807, 2.05) is 14.1 Å². The number of hydrogen-bond acceptors (Lipinski definition) is 6. The van der Waals surface area contributed by atoms with E-state index in [0.717, 1.165) is 89.1 Å². The SMILES string of the molecule is CCCC(CC)CCCCCC(=O)NNC(=O)CCCCCNC.CCCCCC(C)CCCCCC(=O)NNC(=O)CCCCCNC. The van der Waals surface area contributed by atoms with Crippen LogP contribution < -0.4 is 32.3 Å². The second-order valence-electron chi connectivity index (χ2n) is 13.9. The molecule has 49 heavy (non-hydrogen) atoms. The average Bonchev–Trinajstić information content (AvgIpc) is 3.09. The van der Waals surface area contributed by atoms with Gasteiger partial charge in [0.05, 0.1) is 0 Å². The van der Waals surface area contributed by atoms with Gasteiger partial charge in [-0.15, -0.1) is 0 Å². The van der Waals surface area contributed by atoms with Gasteiger partial charge in [0.25, 0.3) is 0 Å². The lowest BCUT2D eigenvalue weighted by atomic mass is 9.94. The first kappa shape index (κ1) is 48.9. The molecule has 6 N–H and O–H groups in total. The van der Waals surface area contributed by atoms with Crippen LogP contribution in [0.2, 0.25) is 0 Å². The van der Waals surface area contributed by atoms with Crippen LogP contribution in [-0.2, 0) is 19.2 Å². The molecule has 0 aromatic rings. The van der Waals surface area contributed by atoms with Crippen molar-refractivity contribution in [1.29, 1.82) is 0 Å². The molecule has 0 heterocycles. The van der Waals surface area contributed by atoms with Gasteiger partial charge in [-0.25, -0.2) is 0 Å². The summed E-state index contributed by atoms with van der Waals surface area (Å²) in [5, 5.41) is 6.17. The Labute approximate surface area is 301 Å². The molecule has 0 aliphatic heterocycles. The molecular formula is C39H80N6O4. The summed E-state index contributed by atoms with van der Waals surface area (Å²) in [6, 6.07) is 0. The second kappa shape index (κ2) is 38.6. The average molecular weight is 697 g/mol. The first-order valence-corrected chi connectivity index (χ1v) is 20.2. The predicted octanol–water partition coefficient (Wildman–Crippen LogP) is 7.77. The van der Waals surface area contributed by atoms with Crippen LogP contribution in [-0.4, -0.2) is 50.8 Å². The largest absolute Gasteiger partial charge is 0.320 e. The lowest BCUT2D eigenvalue weighted by Gasteiger charge is -2.13. The van der Waals surface area contributed by atoms with Crippen LogP contribution in [0.5, 0.6) is 0 Å². The number of rotatable bonds is 31. The number of carbonyl (C=O) groups excluding carboxylic acids is 4. The van der Waals surface area contributed by atoms with Crippen molar-refractivity contribution in [2.45, 2.75) is 188 Å². The number of amides is 4. The molecule has 10 heteroatoms. The van der Waals surface area contributed by atoms with Gasteiger partial charge in [0.15, 0.2) is 0 Å². The topological polar surface area (TPSA) is 140 Å². The van der Waals surface area contributed by atoms with Gasteiger partial charge in [-0.3, -0.25) is 40.9 Å². The van der Waals surface area contributed by atoms with Gasteiger partial charge in [-0.1, -0.05) is 124 Å². The highest BCUT2D eigenvalue weighted by Crippen LogP contribution is 2.19. The Hall–Kier alpha value is -2.20. The smallest absolute Gasteiger partial charge is 0.238 e. The van der Waals surface area contributed by atoms with Gasteiger partial charge >= 0.3 is 0 Å². The lowest BCUT2D eigenvalue weighted by molar-refractivity contribution is -0.129. The summed E-state index contributed by atoms with van der Waals surface area (Å²) in [5.74, 6) is 1.28. The second-order valence-corrected chi connectivity index (χ2v) is 13.9. The monoisotopic (exact) mass is 697 g/mol. The van der Waals surface area contributed by atoms with Gasteiger partial charge in [-0.2, -0.15) is 0 Å². The quantitative estimate of drug-likeness (QED) is 0.0323. The number of unbranched alkanes of at least 4 members (excludes halogenated alkanes) is 10. The van der Waals surface area contributed by atoms with E-state index in [4.69, 9.17) is 0 Å². The van der Waals surface area contributed by atoms with Crippen molar-refractivity contribution in [2.75, 3.05) is 27.2 Å². The van der Waals surface area contributed by atoms with Crippen LogP contribution >= 0.6 is 0 Å². The van der Waals surface area contributed by atoms with Crippen LogP contribution in [0.3, 0.4) is 0 Å². The molecule has 0 aromatic heterocycles. The Morgan fingerprint density at radius 2 is 0.796 bits per heavy atom. The zero-order valence-electron chi connectivity index (χ0n) is 32.9. The van der Waals surface area contributed by atoms with Crippen LogP contribution in [0.1, 0.15) is 188 Å². The summed E-state index contributed by atoms with van der Waals surface area (Å²) in [6.45, 7) is 11.0. The zero-order chi connectivity index (χ0) is 36.8. The molecule has 0 aliphatic rings. The highest BCUT2D eigenvalue weighted by molar-refractivity contribution is 5.82. The van der Waals surface area contributed by atoms with Crippen molar-refractivity contribution in [3.05, 3.63) is 0 Å². The summed E-state index contributed by atoms with van der Waals surface area (Å²) in [5.41, 5.74) is 10.0. The van der Waals surface area contributed by atoms with Crippen LogP contribution in [0.15, 0.2) is 0 Å². The molecule has 0 rings (SSSR count). The van der Waals surface area contributed by atoms with E-state index >= 15 is 0 Å². The molecule has 4 amide bonds.